The Labute approximate surface area is 252 Å². The van der Waals surface area contributed by atoms with Crippen LogP contribution in [0.3, 0.4) is 0 Å². The fourth-order valence-electron chi connectivity index (χ4n) is 4.95. The molecule has 5 atom stereocenters. The molecule has 0 fully saturated rings. The van der Waals surface area contributed by atoms with Crippen molar-refractivity contribution in [1.82, 2.24) is 0 Å². The van der Waals surface area contributed by atoms with Gasteiger partial charge >= 0.3 is 0 Å². The van der Waals surface area contributed by atoms with E-state index in [4.69, 9.17) is 9.47 Å². The minimum atomic E-state index is -1.85. The van der Waals surface area contributed by atoms with Gasteiger partial charge in [-0.3, -0.25) is 0 Å². The molecule has 0 aliphatic carbocycles. The Morgan fingerprint density at radius 2 is 1.26 bits per heavy atom. The molecule has 0 spiro atoms. The Morgan fingerprint density at radius 3 is 1.86 bits per heavy atom. The number of rotatable bonds is 14. The molecule has 8 nitrogen and oxygen atoms in total. The number of hydrogen-bond acceptors (Lipinski definition) is 8. The molecule has 43 heavy (non-hydrogen) atoms. The molecule has 0 aliphatic heterocycles. The van der Waals surface area contributed by atoms with Gasteiger partial charge in [0.25, 0.3) is 0 Å². The highest BCUT2D eigenvalue weighted by atomic mass is 16.5. The Hall–Kier alpha value is -3.76. The number of phenols is 1. The van der Waals surface area contributed by atoms with Crippen LogP contribution in [0.15, 0.2) is 91.0 Å². The normalized spacial score (nSPS) is 15.0. The van der Waals surface area contributed by atoms with Crippen LogP contribution in [0.4, 0.5) is 0 Å². The van der Waals surface area contributed by atoms with E-state index in [1.54, 1.807) is 12.1 Å². The monoisotopic (exact) mass is 588 g/mol. The van der Waals surface area contributed by atoms with Crippen LogP contribution in [0.1, 0.15) is 45.0 Å². The summed E-state index contributed by atoms with van der Waals surface area (Å²) < 4.78 is 12.5. The highest BCUT2D eigenvalue weighted by Gasteiger charge is 2.37. The van der Waals surface area contributed by atoms with Gasteiger partial charge in [0.15, 0.2) is 0 Å². The second-order valence-corrected chi connectivity index (χ2v) is 10.8. The van der Waals surface area contributed by atoms with Crippen molar-refractivity contribution in [3.8, 4) is 11.5 Å². The highest BCUT2D eigenvalue weighted by Crippen LogP contribution is 2.37. The maximum atomic E-state index is 11.4. The zero-order valence-corrected chi connectivity index (χ0v) is 24.4. The Balaban J connectivity index is 1.78. The average Bonchev–Trinajstić information content (AvgIpc) is 3.02. The molecule has 228 valence electrons. The number of aryl methyl sites for hydroxylation is 2. The van der Waals surface area contributed by atoms with Gasteiger partial charge in [-0.1, -0.05) is 66.7 Å². The Kier molecular flexibility index (Phi) is 11.3. The first-order valence-corrected chi connectivity index (χ1v) is 14.2. The van der Waals surface area contributed by atoms with Crippen molar-refractivity contribution < 1.29 is 40.1 Å². The molecule has 0 saturated heterocycles. The molecule has 4 aromatic rings. The van der Waals surface area contributed by atoms with Gasteiger partial charge in [0.1, 0.15) is 48.6 Å². The molecule has 6 N–H and O–H groups in total. The SMILES string of the molecule is Cc1cc(O)ccc1Cc1cc(C(OCc2ccccc2)[C@H](O)[C@@H](O)[C@H](O)[C@H](O)CO)c(OCc2ccccc2)cc1C. The first-order valence-electron chi connectivity index (χ1n) is 14.2. The van der Waals surface area contributed by atoms with Crippen molar-refractivity contribution in [2.75, 3.05) is 6.61 Å². The molecule has 4 aromatic carbocycles. The molecule has 0 aromatic heterocycles. The molecule has 0 saturated carbocycles. The summed E-state index contributed by atoms with van der Waals surface area (Å²) in [4.78, 5) is 0. The summed E-state index contributed by atoms with van der Waals surface area (Å²) in [6, 6.07) is 27.8. The van der Waals surface area contributed by atoms with Crippen LogP contribution in [0.5, 0.6) is 11.5 Å². The Morgan fingerprint density at radius 1 is 0.651 bits per heavy atom. The Bertz CT molecular complexity index is 1440. The largest absolute Gasteiger partial charge is 0.508 e. The summed E-state index contributed by atoms with van der Waals surface area (Å²) in [5.74, 6) is 0.604. The van der Waals surface area contributed by atoms with Crippen LogP contribution in [0.25, 0.3) is 0 Å². The van der Waals surface area contributed by atoms with E-state index < -0.39 is 37.1 Å². The number of aliphatic hydroxyl groups is 5. The van der Waals surface area contributed by atoms with Gasteiger partial charge in [0, 0.05) is 5.56 Å². The van der Waals surface area contributed by atoms with Crippen molar-refractivity contribution in [3.63, 3.8) is 0 Å². The van der Waals surface area contributed by atoms with Crippen LogP contribution in [-0.2, 0) is 24.4 Å². The van der Waals surface area contributed by atoms with Gasteiger partial charge < -0.3 is 40.1 Å². The van der Waals surface area contributed by atoms with Gasteiger partial charge in [-0.05, 0) is 77.9 Å². The van der Waals surface area contributed by atoms with Gasteiger partial charge in [-0.25, -0.2) is 0 Å². The standard InChI is InChI=1S/C35H40O8/c1-22-15-28(37)14-13-26(22)17-27-18-29(31(16-23(27)2)42-20-24-9-5-3-6-10-24)35(43-21-25-11-7-4-8-12-25)34(41)33(40)32(39)30(38)19-36/h3-16,18,30,32-41H,17,19-21H2,1-2H3/t30-,32-,33+,34-,35?/m1/s1. The smallest absolute Gasteiger partial charge is 0.126 e. The number of ether oxygens (including phenoxy) is 2. The van der Waals surface area contributed by atoms with Crippen molar-refractivity contribution in [1.29, 1.82) is 0 Å². The summed E-state index contributed by atoms with van der Waals surface area (Å²) in [5.41, 5.74) is 5.94. The second kappa shape index (κ2) is 15.1. The predicted molar refractivity (Wildman–Crippen MR) is 163 cm³/mol. The lowest BCUT2D eigenvalue weighted by molar-refractivity contribution is -0.155. The van der Waals surface area contributed by atoms with Gasteiger partial charge in [-0.2, -0.15) is 0 Å². The molecule has 0 radical (unpaired) electrons. The van der Waals surface area contributed by atoms with Gasteiger partial charge in [0.2, 0.25) is 0 Å². The molecule has 1 unspecified atom stereocenters. The summed E-state index contributed by atoms with van der Waals surface area (Å²) in [7, 11) is 0. The van der Waals surface area contributed by atoms with Crippen molar-refractivity contribution >= 4 is 0 Å². The lowest BCUT2D eigenvalue weighted by atomic mass is 9.90. The zero-order chi connectivity index (χ0) is 30.9. The molecule has 0 heterocycles. The first kappa shape index (κ1) is 32.2. The molecule has 0 bridgehead atoms. The molecule has 8 heteroatoms. The molecule has 0 aliphatic rings. The summed E-state index contributed by atoms with van der Waals surface area (Å²) in [5, 5.41) is 62.1. The number of hydrogen-bond donors (Lipinski definition) is 6. The van der Waals surface area contributed by atoms with E-state index in [0.29, 0.717) is 17.7 Å². The van der Waals surface area contributed by atoms with E-state index >= 15 is 0 Å². The minimum Gasteiger partial charge on any atom is -0.508 e. The fraction of sp³-hybridized carbons (Fsp3) is 0.314. The van der Waals surface area contributed by atoms with Crippen LogP contribution >= 0.6 is 0 Å². The summed E-state index contributed by atoms with van der Waals surface area (Å²) >= 11 is 0. The number of benzene rings is 4. The predicted octanol–water partition coefficient (Wildman–Crippen LogP) is 3.87. The second-order valence-electron chi connectivity index (χ2n) is 10.8. The van der Waals surface area contributed by atoms with E-state index in [-0.39, 0.29) is 19.0 Å². The number of aromatic hydroxyl groups is 1. The lowest BCUT2D eigenvalue weighted by Gasteiger charge is -2.32. The van der Waals surface area contributed by atoms with Crippen LogP contribution in [-0.4, -0.2) is 61.7 Å². The third-order valence-electron chi connectivity index (χ3n) is 7.58. The van der Waals surface area contributed by atoms with Gasteiger partial charge in [-0.15, -0.1) is 0 Å². The van der Waals surface area contributed by atoms with E-state index in [1.807, 2.05) is 92.7 Å². The number of aliphatic hydroxyl groups excluding tert-OH is 5. The van der Waals surface area contributed by atoms with Crippen molar-refractivity contribution in [2.24, 2.45) is 0 Å². The average molecular weight is 589 g/mol. The quantitative estimate of drug-likeness (QED) is 0.131. The molecular weight excluding hydrogens is 548 g/mol. The van der Waals surface area contributed by atoms with Crippen molar-refractivity contribution in [2.45, 2.75) is 64.0 Å². The van der Waals surface area contributed by atoms with Gasteiger partial charge in [0.05, 0.1) is 13.2 Å². The summed E-state index contributed by atoms with van der Waals surface area (Å²) in [6.45, 7) is 3.39. The van der Waals surface area contributed by atoms with Crippen LogP contribution in [0, 0.1) is 13.8 Å². The molecule has 0 amide bonds. The first-order chi connectivity index (χ1) is 20.7. The van der Waals surface area contributed by atoms with E-state index in [2.05, 4.69) is 0 Å². The molecule has 4 rings (SSSR count). The van der Waals surface area contributed by atoms with E-state index in [1.165, 1.54) is 0 Å². The third kappa shape index (κ3) is 8.42. The lowest BCUT2D eigenvalue weighted by Crippen LogP contribution is -2.48. The van der Waals surface area contributed by atoms with E-state index in [9.17, 15) is 30.6 Å². The van der Waals surface area contributed by atoms with E-state index in [0.717, 1.165) is 33.4 Å². The zero-order valence-electron chi connectivity index (χ0n) is 24.4. The minimum absolute atomic E-state index is 0.0757. The highest BCUT2D eigenvalue weighted by molar-refractivity contribution is 5.47. The fourth-order valence-corrected chi connectivity index (χ4v) is 4.95. The van der Waals surface area contributed by atoms with Crippen molar-refractivity contribution in [3.05, 3.63) is 130 Å². The van der Waals surface area contributed by atoms with Crippen LogP contribution < -0.4 is 4.74 Å². The maximum Gasteiger partial charge on any atom is 0.126 e. The number of phenolic OH excluding ortho intramolecular Hbond substituents is 1. The topological polar surface area (TPSA) is 140 Å². The summed E-state index contributed by atoms with van der Waals surface area (Å²) in [6.07, 6.45) is -7.74. The molecular formula is C35H40O8. The third-order valence-corrected chi connectivity index (χ3v) is 7.58. The van der Waals surface area contributed by atoms with Crippen LogP contribution in [0.2, 0.25) is 0 Å². The maximum absolute atomic E-state index is 11.4.